The molecule has 0 aromatic heterocycles. The number of carbonyl (C=O) groups is 2. The molecule has 3 heterocycles. The van der Waals surface area contributed by atoms with Crippen molar-refractivity contribution in [3.05, 3.63) is 24.0 Å². The summed E-state index contributed by atoms with van der Waals surface area (Å²) in [7, 11) is 0. The van der Waals surface area contributed by atoms with Crippen LogP contribution < -0.4 is 15.1 Å². The molecule has 0 bridgehead atoms. The number of nitrogens with one attached hydrogen (secondary N) is 1. The molecule has 0 unspecified atom stereocenters. The number of cyclic esters (lactones) is 1. The molecule has 3 aliphatic rings. The molecule has 3 saturated heterocycles. The molecule has 152 valence electrons. The van der Waals surface area contributed by atoms with Gasteiger partial charge in [-0.1, -0.05) is 0 Å². The van der Waals surface area contributed by atoms with E-state index in [2.05, 4.69) is 20.2 Å². The minimum atomic E-state index is -0.523. The Hall–Kier alpha value is -2.39. The van der Waals surface area contributed by atoms with Crippen LogP contribution in [0.4, 0.5) is 20.6 Å². The maximum absolute atomic E-state index is 14.9. The summed E-state index contributed by atoms with van der Waals surface area (Å²) in [6.07, 6.45) is 0.232. The number of anilines is 2. The van der Waals surface area contributed by atoms with E-state index in [1.54, 1.807) is 12.1 Å². The van der Waals surface area contributed by atoms with E-state index < -0.39 is 12.2 Å². The molecule has 1 atom stereocenters. The summed E-state index contributed by atoms with van der Waals surface area (Å²) in [5.41, 5.74) is 1.03. The lowest BCUT2D eigenvalue weighted by atomic mass is 10.2. The van der Waals surface area contributed by atoms with E-state index in [9.17, 15) is 14.0 Å². The topological polar surface area (TPSA) is 68.4 Å². The highest BCUT2D eigenvalue weighted by molar-refractivity contribution is 5.90. The van der Waals surface area contributed by atoms with Gasteiger partial charge in [0.2, 0.25) is 5.91 Å². The van der Waals surface area contributed by atoms with Gasteiger partial charge in [-0.15, -0.1) is 0 Å². The zero-order chi connectivity index (χ0) is 19.7. The Balaban J connectivity index is 1.43. The zero-order valence-corrected chi connectivity index (χ0v) is 16.1. The second-order valence-electron chi connectivity index (χ2n) is 7.44. The van der Waals surface area contributed by atoms with Crippen molar-refractivity contribution in [2.75, 3.05) is 62.2 Å². The van der Waals surface area contributed by atoms with Crippen LogP contribution in [-0.4, -0.2) is 80.5 Å². The predicted molar refractivity (Wildman–Crippen MR) is 103 cm³/mol. The number of rotatable bonds is 4. The van der Waals surface area contributed by atoms with Crippen LogP contribution in [0.3, 0.4) is 0 Å². The Morgan fingerprint density at radius 1 is 1.18 bits per heavy atom. The maximum atomic E-state index is 14.9. The van der Waals surface area contributed by atoms with Gasteiger partial charge in [0, 0.05) is 46.2 Å². The monoisotopic (exact) mass is 391 g/mol. The molecule has 28 heavy (non-hydrogen) atoms. The Morgan fingerprint density at radius 3 is 2.54 bits per heavy atom. The normalized spacial score (nSPS) is 23.5. The molecule has 0 saturated carbocycles. The lowest BCUT2D eigenvalue weighted by molar-refractivity contribution is -0.119. The first-order valence-electron chi connectivity index (χ1n) is 9.78. The number of fused-ring (bicyclic) bond motifs is 1. The van der Waals surface area contributed by atoms with E-state index in [0.717, 1.165) is 39.3 Å². The smallest absolute Gasteiger partial charge is 0.414 e. The van der Waals surface area contributed by atoms with Gasteiger partial charge in [0.25, 0.3) is 0 Å². The van der Waals surface area contributed by atoms with Crippen molar-refractivity contribution in [3.63, 3.8) is 0 Å². The molecule has 3 aliphatic heterocycles. The summed E-state index contributed by atoms with van der Waals surface area (Å²) >= 11 is 0. The zero-order valence-electron chi connectivity index (χ0n) is 16.1. The van der Waals surface area contributed by atoms with Gasteiger partial charge in [0.15, 0.2) is 0 Å². The molecule has 2 amide bonds. The van der Waals surface area contributed by atoms with Crippen LogP contribution in [0.1, 0.15) is 13.3 Å². The van der Waals surface area contributed by atoms with Crippen LogP contribution in [0.5, 0.6) is 0 Å². The fourth-order valence-corrected chi connectivity index (χ4v) is 4.07. The predicted octanol–water partition coefficient (Wildman–Crippen LogP) is 1.03. The van der Waals surface area contributed by atoms with Crippen LogP contribution in [0.15, 0.2) is 18.2 Å². The van der Waals surface area contributed by atoms with Crippen molar-refractivity contribution in [3.8, 4) is 0 Å². The standard InChI is InChI=1S/C19H26FN5O3/c1-14(26)21-12-16-13-25(19(27)28-16)15-3-4-18(17(20)11-15)22-7-9-23-5-2-6-24(23)10-8-22/h3-4,11,16H,2,5-10,12-13H2,1H3,(H,21,26)/t16-/m0/s1. The number of hydrazine groups is 1. The maximum Gasteiger partial charge on any atom is 0.414 e. The Bertz CT molecular complexity index is 747. The third-order valence-corrected chi connectivity index (χ3v) is 5.52. The first kappa shape index (κ1) is 18.9. The number of nitrogens with zero attached hydrogens (tertiary/aromatic N) is 4. The van der Waals surface area contributed by atoms with Gasteiger partial charge >= 0.3 is 6.09 Å². The second kappa shape index (κ2) is 7.92. The number of halogens is 1. The molecule has 8 nitrogen and oxygen atoms in total. The molecular formula is C19H26FN5O3. The van der Waals surface area contributed by atoms with Gasteiger partial charge in [0.1, 0.15) is 11.9 Å². The molecule has 4 rings (SSSR count). The summed E-state index contributed by atoms with van der Waals surface area (Å²) in [4.78, 5) is 26.6. The SMILES string of the molecule is CC(=O)NC[C@H]1CN(c2ccc(N3CCN4CCCN4CC3)c(F)c2)C(=O)O1. The quantitative estimate of drug-likeness (QED) is 0.827. The van der Waals surface area contributed by atoms with Gasteiger partial charge in [-0.3, -0.25) is 9.69 Å². The molecule has 1 N–H and O–H groups in total. The largest absolute Gasteiger partial charge is 0.442 e. The highest BCUT2D eigenvalue weighted by Gasteiger charge is 2.33. The van der Waals surface area contributed by atoms with Gasteiger partial charge in [-0.2, -0.15) is 0 Å². The highest BCUT2D eigenvalue weighted by Crippen LogP contribution is 2.28. The minimum Gasteiger partial charge on any atom is -0.442 e. The van der Waals surface area contributed by atoms with E-state index in [1.165, 1.54) is 24.3 Å². The van der Waals surface area contributed by atoms with Crippen molar-refractivity contribution >= 4 is 23.4 Å². The average Bonchev–Trinajstić information content (AvgIpc) is 3.21. The summed E-state index contributed by atoms with van der Waals surface area (Å²) in [5, 5.41) is 7.33. The number of carbonyl (C=O) groups excluding carboxylic acids is 2. The molecule has 9 heteroatoms. The summed E-state index contributed by atoms with van der Waals surface area (Å²) < 4.78 is 20.1. The van der Waals surface area contributed by atoms with Gasteiger partial charge in [-0.25, -0.2) is 19.2 Å². The van der Waals surface area contributed by atoms with E-state index in [0.29, 0.717) is 11.4 Å². The number of amides is 2. The van der Waals surface area contributed by atoms with Gasteiger partial charge in [-0.05, 0) is 24.6 Å². The fourth-order valence-electron chi connectivity index (χ4n) is 4.07. The molecule has 3 fully saturated rings. The van der Waals surface area contributed by atoms with Crippen molar-refractivity contribution in [1.82, 2.24) is 15.3 Å². The average molecular weight is 391 g/mol. The molecule has 1 aromatic rings. The van der Waals surface area contributed by atoms with Crippen molar-refractivity contribution < 1.29 is 18.7 Å². The third kappa shape index (κ3) is 3.90. The summed E-state index contributed by atoms with van der Waals surface area (Å²) in [5.74, 6) is -0.521. The Morgan fingerprint density at radius 2 is 1.89 bits per heavy atom. The van der Waals surface area contributed by atoms with Crippen LogP contribution in [0.2, 0.25) is 0 Å². The first-order chi connectivity index (χ1) is 13.5. The van der Waals surface area contributed by atoms with E-state index in [4.69, 9.17) is 4.74 Å². The van der Waals surface area contributed by atoms with Crippen LogP contribution >= 0.6 is 0 Å². The molecule has 0 radical (unpaired) electrons. The lowest BCUT2D eigenvalue weighted by Gasteiger charge is -2.24. The van der Waals surface area contributed by atoms with E-state index >= 15 is 0 Å². The fraction of sp³-hybridized carbons (Fsp3) is 0.579. The van der Waals surface area contributed by atoms with Crippen LogP contribution in [0.25, 0.3) is 0 Å². The number of benzene rings is 1. The number of ether oxygens (including phenoxy) is 1. The number of hydrogen-bond donors (Lipinski definition) is 1. The summed E-state index contributed by atoms with van der Waals surface area (Å²) in [6.45, 7) is 7.43. The minimum absolute atomic E-state index is 0.181. The lowest BCUT2D eigenvalue weighted by Crippen LogP contribution is -2.37. The molecular weight excluding hydrogens is 365 g/mol. The molecule has 1 aromatic carbocycles. The van der Waals surface area contributed by atoms with Crippen LogP contribution in [-0.2, 0) is 9.53 Å². The summed E-state index contributed by atoms with van der Waals surface area (Å²) in [6, 6.07) is 4.89. The van der Waals surface area contributed by atoms with E-state index in [-0.39, 0.29) is 24.8 Å². The third-order valence-electron chi connectivity index (χ3n) is 5.52. The highest BCUT2D eigenvalue weighted by atomic mass is 19.1. The van der Waals surface area contributed by atoms with Crippen LogP contribution in [0, 0.1) is 5.82 Å². The Labute approximate surface area is 163 Å². The van der Waals surface area contributed by atoms with E-state index in [1.807, 2.05) is 0 Å². The van der Waals surface area contributed by atoms with Crippen molar-refractivity contribution in [2.24, 2.45) is 0 Å². The van der Waals surface area contributed by atoms with Gasteiger partial charge in [0.05, 0.1) is 24.5 Å². The van der Waals surface area contributed by atoms with Gasteiger partial charge < -0.3 is 15.0 Å². The molecule has 0 aliphatic carbocycles. The Kier molecular flexibility index (Phi) is 5.36. The molecule has 0 spiro atoms. The van der Waals surface area contributed by atoms with Crippen molar-refractivity contribution in [2.45, 2.75) is 19.4 Å². The van der Waals surface area contributed by atoms with Crippen molar-refractivity contribution in [1.29, 1.82) is 0 Å². The number of hydrogen-bond acceptors (Lipinski definition) is 6. The first-order valence-corrected chi connectivity index (χ1v) is 9.78. The second-order valence-corrected chi connectivity index (χ2v) is 7.44.